The van der Waals surface area contributed by atoms with Gasteiger partial charge in [0.2, 0.25) is 0 Å². The lowest BCUT2D eigenvalue weighted by Gasteiger charge is -2.18. The van der Waals surface area contributed by atoms with Crippen LogP contribution in [-0.4, -0.2) is 31.1 Å². The fraction of sp³-hybridized carbons (Fsp3) is 0.625. The van der Waals surface area contributed by atoms with E-state index >= 15 is 0 Å². The van der Waals surface area contributed by atoms with Crippen molar-refractivity contribution < 1.29 is 4.74 Å². The average Bonchev–Trinajstić information content (AvgIpc) is 3.30. The number of hydrogen-bond acceptors (Lipinski definition) is 3. The molecule has 0 aromatic heterocycles. The minimum atomic E-state index is 0.764. The maximum Gasteiger partial charge on any atom is 0.123 e. The second-order valence-electron chi connectivity index (χ2n) is 5.95. The maximum absolute atomic E-state index is 5.49. The summed E-state index contributed by atoms with van der Waals surface area (Å²) in [6.07, 6.45) is 5.38. The Bertz CT molecular complexity index is 438. The number of hydrogen-bond donors (Lipinski definition) is 1. The molecule has 0 heterocycles. The fourth-order valence-corrected chi connectivity index (χ4v) is 2.53. The molecule has 0 aliphatic heterocycles. The first-order chi connectivity index (χ1) is 9.26. The molecular weight excluding hydrogens is 236 g/mol. The molecule has 3 nitrogen and oxygen atoms in total. The molecule has 1 N–H and O–H groups in total. The van der Waals surface area contributed by atoms with Gasteiger partial charge in [0.25, 0.3) is 0 Å². The maximum atomic E-state index is 5.49. The molecular formula is C16H24N2O. The van der Waals surface area contributed by atoms with Crippen LogP contribution >= 0.6 is 0 Å². The lowest BCUT2D eigenvalue weighted by Crippen LogP contribution is -2.21. The van der Waals surface area contributed by atoms with Crippen LogP contribution in [0.15, 0.2) is 18.2 Å². The topological polar surface area (TPSA) is 24.5 Å². The summed E-state index contributed by atoms with van der Waals surface area (Å²) in [7, 11) is 3.98. The summed E-state index contributed by atoms with van der Waals surface area (Å²) >= 11 is 0. The first-order valence-electron chi connectivity index (χ1n) is 7.35. The van der Waals surface area contributed by atoms with Crippen molar-refractivity contribution >= 4 is 0 Å². The van der Waals surface area contributed by atoms with Gasteiger partial charge in [-0.2, -0.15) is 0 Å². The van der Waals surface area contributed by atoms with E-state index in [9.17, 15) is 0 Å². The van der Waals surface area contributed by atoms with Crippen LogP contribution in [0.3, 0.4) is 0 Å². The predicted octanol–water partition coefficient (Wildman–Crippen LogP) is 2.54. The van der Waals surface area contributed by atoms with Gasteiger partial charge in [-0.3, -0.25) is 4.90 Å². The van der Waals surface area contributed by atoms with Gasteiger partial charge in [-0.05, 0) is 50.4 Å². The summed E-state index contributed by atoms with van der Waals surface area (Å²) in [4.78, 5) is 2.44. The molecule has 3 rings (SSSR count). The highest BCUT2D eigenvalue weighted by atomic mass is 16.5. The molecule has 3 heteroatoms. The van der Waals surface area contributed by atoms with E-state index in [-0.39, 0.29) is 0 Å². The Morgan fingerprint density at radius 2 is 2.05 bits per heavy atom. The van der Waals surface area contributed by atoms with Crippen LogP contribution in [0.5, 0.6) is 5.75 Å². The Labute approximate surface area is 115 Å². The van der Waals surface area contributed by atoms with Gasteiger partial charge < -0.3 is 10.1 Å². The largest absolute Gasteiger partial charge is 0.496 e. The third-order valence-electron chi connectivity index (χ3n) is 4.11. The molecule has 19 heavy (non-hydrogen) atoms. The van der Waals surface area contributed by atoms with E-state index in [1.807, 2.05) is 0 Å². The molecule has 1 aromatic rings. The van der Waals surface area contributed by atoms with Gasteiger partial charge in [-0.1, -0.05) is 6.07 Å². The second-order valence-corrected chi connectivity index (χ2v) is 5.95. The van der Waals surface area contributed by atoms with Crippen LogP contribution in [-0.2, 0) is 13.1 Å². The zero-order chi connectivity index (χ0) is 13.2. The van der Waals surface area contributed by atoms with E-state index in [0.717, 1.165) is 30.9 Å². The van der Waals surface area contributed by atoms with E-state index in [2.05, 4.69) is 35.5 Å². The van der Waals surface area contributed by atoms with Crippen LogP contribution in [0.2, 0.25) is 0 Å². The first-order valence-corrected chi connectivity index (χ1v) is 7.35. The summed E-state index contributed by atoms with van der Waals surface area (Å²) in [5, 5.41) is 3.57. The van der Waals surface area contributed by atoms with Crippen LogP contribution in [0.4, 0.5) is 0 Å². The number of nitrogens with one attached hydrogen (secondary N) is 1. The van der Waals surface area contributed by atoms with Crippen molar-refractivity contribution in [2.45, 2.75) is 50.9 Å². The number of rotatable bonds is 7. The number of ether oxygens (including phenoxy) is 1. The average molecular weight is 260 g/mol. The highest BCUT2D eigenvalue weighted by Crippen LogP contribution is 2.29. The smallest absolute Gasteiger partial charge is 0.123 e. The summed E-state index contributed by atoms with van der Waals surface area (Å²) in [5.41, 5.74) is 2.68. The van der Waals surface area contributed by atoms with Gasteiger partial charge in [0.1, 0.15) is 5.75 Å². The molecule has 104 valence electrons. The van der Waals surface area contributed by atoms with Crippen molar-refractivity contribution in [1.82, 2.24) is 10.2 Å². The molecule has 2 fully saturated rings. The molecule has 0 radical (unpaired) electrons. The van der Waals surface area contributed by atoms with Crippen molar-refractivity contribution in [2.75, 3.05) is 14.2 Å². The third-order valence-corrected chi connectivity index (χ3v) is 4.11. The minimum absolute atomic E-state index is 0.764. The number of methoxy groups -OCH3 is 1. The SMILES string of the molecule is COc1ccc(CNC2CC2)cc1CN(C)C1CC1. The Balaban J connectivity index is 1.67. The lowest BCUT2D eigenvalue weighted by atomic mass is 10.1. The van der Waals surface area contributed by atoms with Gasteiger partial charge in [-0.25, -0.2) is 0 Å². The van der Waals surface area contributed by atoms with Crippen molar-refractivity contribution in [3.8, 4) is 5.75 Å². The quantitative estimate of drug-likeness (QED) is 0.815. The second kappa shape index (κ2) is 5.51. The summed E-state index contributed by atoms with van der Waals surface area (Å²) in [6.45, 7) is 1.97. The highest BCUT2D eigenvalue weighted by Gasteiger charge is 2.26. The Kier molecular flexibility index (Phi) is 3.76. The molecule has 0 amide bonds. The standard InChI is InChI=1S/C16H24N2O/c1-18(15-6-7-15)11-13-9-12(3-8-16(13)19-2)10-17-14-4-5-14/h3,8-9,14-15,17H,4-7,10-11H2,1-2H3. The van der Waals surface area contributed by atoms with Crippen LogP contribution in [0, 0.1) is 0 Å². The molecule has 1 aromatic carbocycles. The molecule has 2 saturated carbocycles. The van der Waals surface area contributed by atoms with Gasteiger partial charge >= 0.3 is 0 Å². The van der Waals surface area contributed by atoms with Crippen LogP contribution < -0.4 is 10.1 Å². The van der Waals surface area contributed by atoms with Crippen LogP contribution in [0.1, 0.15) is 36.8 Å². The molecule has 0 bridgehead atoms. The van der Waals surface area contributed by atoms with Crippen molar-refractivity contribution in [3.05, 3.63) is 29.3 Å². The zero-order valence-corrected chi connectivity index (χ0v) is 12.0. The monoisotopic (exact) mass is 260 g/mol. The normalized spacial score (nSPS) is 18.9. The summed E-state index contributed by atoms with van der Waals surface area (Å²) in [6, 6.07) is 8.14. The van der Waals surface area contributed by atoms with E-state index in [1.54, 1.807) is 7.11 Å². The van der Waals surface area contributed by atoms with Gasteiger partial charge in [0.05, 0.1) is 7.11 Å². The Morgan fingerprint density at radius 3 is 2.68 bits per heavy atom. The number of nitrogens with zero attached hydrogens (tertiary/aromatic N) is 1. The van der Waals surface area contributed by atoms with E-state index < -0.39 is 0 Å². The zero-order valence-electron chi connectivity index (χ0n) is 12.0. The van der Waals surface area contributed by atoms with E-state index in [4.69, 9.17) is 4.74 Å². The van der Waals surface area contributed by atoms with Gasteiger partial charge in [-0.15, -0.1) is 0 Å². The van der Waals surface area contributed by atoms with Crippen molar-refractivity contribution in [2.24, 2.45) is 0 Å². The minimum Gasteiger partial charge on any atom is -0.496 e. The first kappa shape index (κ1) is 12.9. The molecule has 0 spiro atoms. The van der Waals surface area contributed by atoms with Crippen LogP contribution in [0.25, 0.3) is 0 Å². The highest BCUT2D eigenvalue weighted by molar-refractivity contribution is 5.37. The van der Waals surface area contributed by atoms with Gasteiger partial charge in [0, 0.05) is 30.7 Å². The van der Waals surface area contributed by atoms with Gasteiger partial charge in [0.15, 0.2) is 0 Å². The van der Waals surface area contributed by atoms with Crippen molar-refractivity contribution in [3.63, 3.8) is 0 Å². The lowest BCUT2D eigenvalue weighted by molar-refractivity contribution is 0.307. The molecule has 2 aliphatic carbocycles. The third kappa shape index (κ3) is 3.48. The fourth-order valence-electron chi connectivity index (χ4n) is 2.53. The summed E-state index contributed by atoms with van der Waals surface area (Å²) < 4.78 is 5.49. The Morgan fingerprint density at radius 1 is 1.26 bits per heavy atom. The van der Waals surface area contributed by atoms with Crippen molar-refractivity contribution in [1.29, 1.82) is 0 Å². The number of benzene rings is 1. The van der Waals surface area contributed by atoms with E-state index in [1.165, 1.54) is 36.8 Å². The Hall–Kier alpha value is -1.06. The molecule has 0 unspecified atom stereocenters. The molecule has 0 atom stereocenters. The molecule has 0 saturated heterocycles. The summed E-state index contributed by atoms with van der Waals surface area (Å²) in [5.74, 6) is 1.02. The predicted molar refractivity (Wildman–Crippen MR) is 77.3 cm³/mol. The molecule has 2 aliphatic rings. The van der Waals surface area contributed by atoms with E-state index in [0.29, 0.717) is 0 Å².